The fourth-order valence-corrected chi connectivity index (χ4v) is 18.4. The van der Waals surface area contributed by atoms with Crippen LogP contribution in [0.25, 0.3) is 0 Å². The van der Waals surface area contributed by atoms with Crippen LogP contribution in [0.1, 0.15) is 38.3 Å². The van der Waals surface area contributed by atoms with Gasteiger partial charge < -0.3 is 4.74 Å². The molecule has 6 aliphatic rings. The molecule has 3 aliphatic heterocycles. The van der Waals surface area contributed by atoms with Gasteiger partial charge >= 0.3 is 115 Å². The van der Waals surface area contributed by atoms with Crippen LogP contribution in [-0.4, -0.2) is 24.9 Å². The van der Waals surface area contributed by atoms with E-state index < -0.39 is 31.6 Å². The first-order valence-electron chi connectivity index (χ1n) is 9.14. The second-order valence-corrected chi connectivity index (χ2v) is 14.0. The Bertz CT molecular complexity index is 677. The van der Waals surface area contributed by atoms with Crippen molar-refractivity contribution in [1.29, 1.82) is 0 Å². The van der Waals surface area contributed by atoms with E-state index in [0.717, 1.165) is 25.6 Å². The maximum absolute atomic E-state index is 12.6. The summed E-state index contributed by atoms with van der Waals surface area (Å²) in [5.41, 5.74) is 1.18. The summed E-state index contributed by atoms with van der Waals surface area (Å²) in [6.07, 6.45) is -2.94. The van der Waals surface area contributed by atoms with Crippen molar-refractivity contribution < 1.29 is 22.7 Å². The predicted octanol–water partition coefficient (Wildman–Crippen LogP) is 5.07. The number of hydrogen-bond donors (Lipinski definition) is 0. The number of carbonyl (C=O) groups excluding carboxylic acids is 1. The van der Waals surface area contributed by atoms with E-state index in [4.69, 9.17) is 0 Å². The standard InChI is InChI=1S/C14H10F3I.C3H6O2.C3H8/c15-14(16,17)6-3-1-5(2-4-6)13-9-7-10-8(9)12(13)18(10)11(7)13;1-3(4)5-2;1-3-2/h1-4,7-12H;1-2H3;3H2,1-2H3. The number of esters is 1. The number of ether oxygens (including phenoxy) is 1. The third kappa shape index (κ3) is 1.92. The molecule has 0 radical (unpaired) electrons. The van der Waals surface area contributed by atoms with Crippen molar-refractivity contribution in [2.24, 2.45) is 17.8 Å². The fraction of sp³-hybridized carbons (Fsp3) is 0.650. The van der Waals surface area contributed by atoms with Gasteiger partial charge in [0.1, 0.15) is 0 Å². The summed E-state index contributed by atoms with van der Waals surface area (Å²) >= 11 is -0.536. The second kappa shape index (κ2) is 5.85. The van der Waals surface area contributed by atoms with Gasteiger partial charge in [0.2, 0.25) is 0 Å². The van der Waals surface area contributed by atoms with Crippen molar-refractivity contribution in [3.05, 3.63) is 35.4 Å². The molecule has 3 heterocycles. The minimum absolute atomic E-state index is 0.245. The van der Waals surface area contributed by atoms with Crippen molar-refractivity contribution in [3.8, 4) is 0 Å². The summed E-state index contributed by atoms with van der Waals surface area (Å²) < 4.78 is 45.1. The van der Waals surface area contributed by atoms with Gasteiger partial charge in [-0.25, -0.2) is 0 Å². The maximum atomic E-state index is 12.6. The van der Waals surface area contributed by atoms with E-state index in [0.29, 0.717) is 5.41 Å². The van der Waals surface area contributed by atoms with Crippen LogP contribution in [0.2, 0.25) is 0 Å². The quantitative estimate of drug-likeness (QED) is 0.319. The third-order valence-corrected chi connectivity index (χ3v) is 16.7. The van der Waals surface area contributed by atoms with E-state index in [9.17, 15) is 18.0 Å². The Kier molecular flexibility index (Phi) is 4.18. The van der Waals surface area contributed by atoms with Crippen molar-refractivity contribution in [2.75, 3.05) is 7.11 Å². The van der Waals surface area contributed by atoms with E-state index in [1.54, 1.807) is 12.1 Å². The van der Waals surface area contributed by atoms with Crippen molar-refractivity contribution in [3.63, 3.8) is 0 Å². The van der Waals surface area contributed by atoms with Gasteiger partial charge in [0, 0.05) is 6.92 Å². The van der Waals surface area contributed by atoms with E-state index >= 15 is 0 Å². The van der Waals surface area contributed by atoms with Crippen LogP contribution in [0.4, 0.5) is 13.2 Å². The molecule has 7 rings (SSSR count). The SMILES string of the molecule is CCC.COC(C)=O.FC(F)(F)c1ccc(C23C4C5C6C4C2I6C53)cc1. The molecule has 2 nitrogen and oxygen atoms in total. The topological polar surface area (TPSA) is 26.3 Å². The molecule has 0 aromatic heterocycles. The second-order valence-electron chi connectivity index (χ2n) is 7.72. The van der Waals surface area contributed by atoms with E-state index in [1.165, 1.54) is 42.1 Å². The predicted molar refractivity (Wildman–Crippen MR) is 103 cm³/mol. The summed E-state index contributed by atoms with van der Waals surface area (Å²) in [5, 5.41) is 0. The average Bonchev–Trinajstić information content (AvgIpc) is 2.62. The molecule has 0 amide bonds. The molecular formula is C20H24F3IO2. The molecule has 26 heavy (non-hydrogen) atoms. The Morgan fingerprint density at radius 3 is 1.92 bits per heavy atom. The molecule has 0 spiro atoms. The summed E-state index contributed by atoms with van der Waals surface area (Å²) in [4.78, 5) is 9.59. The van der Waals surface area contributed by atoms with Crippen LogP contribution in [0.5, 0.6) is 0 Å². The van der Waals surface area contributed by atoms with Gasteiger partial charge in [0.05, 0.1) is 7.11 Å². The van der Waals surface area contributed by atoms with Crippen LogP contribution < -0.4 is 0 Å². The van der Waals surface area contributed by atoms with E-state index in [2.05, 4.69) is 18.6 Å². The number of carbonyl (C=O) groups is 1. The summed E-state index contributed by atoms with van der Waals surface area (Å²) in [6, 6.07) is 6.14. The summed E-state index contributed by atoms with van der Waals surface area (Å²) in [6.45, 7) is 5.61. The Morgan fingerprint density at radius 1 is 1.15 bits per heavy atom. The fourth-order valence-electron chi connectivity index (χ4n) is 5.79. The first kappa shape index (κ1) is 18.6. The molecule has 0 N–H and O–H groups in total. The summed E-state index contributed by atoms with van der Waals surface area (Å²) in [5.74, 6) is 2.75. The normalized spacial score (nSPS) is 41.9. The Morgan fingerprint density at radius 2 is 1.62 bits per heavy atom. The zero-order valence-electron chi connectivity index (χ0n) is 15.3. The van der Waals surface area contributed by atoms with Crippen LogP contribution in [0.3, 0.4) is 0 Å². The molecule has 3 saturated carbocycles. The zero-order valence-corrected chi connectivity index (χ0v) is 17.5. The van der Waals surface area contributed by atoms with Crippen LogP contribution >= 0.6 is 19.8 Å². The van der Waals surface area contributed by atoms with Crippen LogP contribution in [-0.2, 0) is 21.1 Å². The van der Waals surface area contributed by atoms with Gasteiger partial charge in [0.15, 0.2) is 0 Å². The Labute approximate surface area is 159 Å². The van der Waals surface area contributed by atoms with Gasteiger partial charge in [-0.3, -0.25) is 4.79 Å². The number of rotatable bonds is 1. The first-order valence-corrected chi connectivity index (χ1v) is 12.9. The third-order valence-electron chi connectivity index (χ3n) is 6.54. The molecule has 4 atom stereocenters. The number of hydrogen-bond acceptors (Lipinski definition) is 2. The molecule has 3 aliphatic carbocycles. The number of methoxy groups -OCH3 is 1. The van der Waals surface area contributed by atoms with Gasteiger partial charge in [-0.15, -0.1) is 0 Å². The Balaban J connectivity index is 0.000000183. The van der Waals surface area contributed by atoms with E-state index in [1.807, 2.05) is 0 Å². The Hall–Kier alpha value is -0.790. The molecule has 3 saturated heterocycles. The molecule has 4 unspecified atom stereocenters. The molecular weight excluding hydrogens is 456 g/mol. The first-order chi connectivity index (χ1) is 12.3. The molecule has 6 fully saturated rings. The molecule has 1 aromatic carbocycles. The number of halogens is 4. The molecule has 6 heteroatoms. The van der Waals surface area contributed by atoms with Gasteiger partial charge in [-0.2, -0.15) is 0 Å². The van der Waals surface area contributed by atoms with E-state index in [-0.39, 0.29) is 5.97 Å². The molecule has 1 aromatic rings. The number of benzene rings is 1. The zero-order chi connectivity index (χ0) is 19.0. The van der Waals surface area contributed by atoms with Crippen molar-refractivity contribution in [2.45, 2.75) is 50.6 Å². The molecule has 0 bridgehead atoms. The number of alkyl halides is 6. The van der Waals surface area contributed by atoms with Crippen LogP contribution in [0.15, 0.2) is 24.3 Å². The van der Waals surface area contributed by atoms with Crippen LogP contribution in [0, 0.1) is 17.8 Å². The minimum atomic E-state index is -4.19. The summed E-state index contributed by atoms with van der Waals surface area (Å²) in [7, 11) is 1.35. The van der Waals surface area contributed by atoms with Gasteiger partial charge in [-0.1, -0.05) is 20.3 Å². The average molecular weight is 480 g/mol. The molecule has 144 valence electrons. The van der Waals surface area contributed by atoms with Crippen molar-refractivity contribution in [1.82, 2.24) is 0 Å². The monoisotopic (exact) mass is 480 g/mol. The van der Waals surface area contributed by atoms with Gasteiger partial charge in [-0.05, 0) is 0 Å². The van der Waals surface area contributed by atoms with Gasteiger partial charge in [0.25, 0.3) is 0 Å². The van der Waals surface area contributed by atoms with Crippen molar-refractivity contribution >= 4 is 25.8 Å².